The summed E-state index contributed by atoms with van der Waals surface area (Å²) in [7, 11) is 0. The molecule has 0 bridgehead atoms. The Hall–Kier alpha value is -1.22. The predicted molar refractivity (Wildman–Crippen MR) is 68.1 cm³/mol. The Bertz CT molecular complexity index is 446. The molecule has 0 amide bonds. The van der Waals surface area contributed by atoms with Gasteiger partial charge in [0.1, 0.15) is 11.4 Å². The number of aryl methyl sites for hydroxylation is 1. The molecule has 0 aromatic heterocycles. The number of rotatable bonds is 2. The third-order valence-corrected chi connectivity index (χ3v) is 3.77. The molecule has 1 N–H and O–H groups in total. The van der Waals surface area contributed by atoms with Crippen molar-refractivity contribution in [3.63, 3.8) is 0 Å². The summed E-state index contributed by atoms with van der Waals surface area (Å²) in [5.74, 6) is -0.577. The minimum atomic E-state index is -1.25. The van der Waals surface area contributed by atoms with E-state index < -0.39 is 5.60 Å². The summed E-state index contributed by atoms with van der Waals surface area (Å²) >= 11 is 0. The summed E-state index contributed by atoms with van der Waals surface area (Å²) in [6, 6.07) is 4.29. The molecule has 0 heterocycles. The van der Waals surface area contributed by atoms with Crippen LogP contribution in [0.1, 0.15) is 54.4 Å². The fraction of sp³-hybridized carbons (Fsp3) is 0.533. The van der Waals surface area contributed by atoms with Crippen LogP contribution in [0, 0.1) is 12.7 Å². The highest BCUT2D eigenvalue weighted by Crippen LogP contribution is 2.30. The summed E-state index contributed by atoms with van der Waals surface area (Å²) in [6.45, 7) is 1.63. The molecule has 0 saturated heterocycles. The third kappa shape index (κ3) is 2.61. The standard InChI is InChI=1S/C15H19FO2/c1-11-10-12(6-7-13(11)16)14(17)15(18)8-4-2-3-5-9-15/h6-7,10,18H,2-5,8-9H2,1H3. The second-order valence-electron chi connectivity index (χ2n) is 5.24. The summed E-state index contributed by atoms with van der Waals surface area (Å²) in [5, 5.41) is 10.5. The molecular weight excluding hydrogens is 231 g/mol. The van der Waals surface area contributed by atoms with Crippen LogP contribution in [0.4, 0.5) is 4.39 Å². The number of aliphatic hydroxyl groups is 1. The first-order valence-corrected chi connectivity index (χ1v) is 6.56. The molecule has 0 unspecified atom stereocenters. The number of hydrogen-bond donors (Lipinski definition) is 1. The van der Waals surface area contributed by atoms with E-state index in [4.69, 9.17) is 0 Å². The van der Waals surface area contributed by atoms with Gasteiger partial charge < -0.3 is 5.11 Å². The molecule has 1 aromatic carbocycles. The number of ketones is 1. The molecule has 18 heavy (non-hydrogen) atoms. The highest BCUT2D eigenvalue weighted by atomic mass is 19.1. The van der Waals surface area contributed by atoms with Crippen LogP contribution < -0.4 is 0 Å². The molecular formula is C15H19FO2. The van der Waals surface area contributed by atoms with Crippen molar-refractivity contribution in [2.24, 2.45) is 0 Å². The van der Waals surface area contributed by atoms with Gasteiger partial charge in [-0.1, -0.05) is 25.7 Å². The molecule has 0 radical (unpaired) electrons. The van der Waals surface area contributed by atoms with E-state index in [2.05, 4.69) is 0 Å². The lowest BCUT2D eigenvalue weighted by Gasteiger charge is -2.25. The average molecular weight is 250 g/mol. The number of benzene rings is 1. The number of carbonyl (C=O) groups is 1. The Morgan fingerprint density at radius 1 is 1.22 bits per heavy atom. The van der Waals surface area contributed by atoms with E-state index in [0.717, 1.165) is 25.7 Å². The minimum absolute atomic E-state index is 0.257. The fourth-order valence-corrected chi connectivity index (χ4v) is 2.60. The van der Waals surface area contributed by atoms with Gasteiger partial charge in [-0.15, -0.1) is 0 Å². The van der Waals surface area contributed by atoms with E-state index in [1.54, 1.807) is 6.92 Å². The average Bonchev–Trinajstić information content (AvgIpc) is 2.58. The van der Waals surface area contributed by atoms with Crippen molar-refractivity contribution in [1.82, 2.24) is 0 Å². The van der Waals surface area contributed by atoms with E-state index in [1.165, 1.54) is 18.2 Å². The Morgan fingerprint density at radius 3 is 2.39 bits per heavy atom. The first-order valence-electron chi connectivity index (χ1n) is 6.56. The maximum absolute atomic E-state index is 13.2. The molecule has 3 heteroatoms. The molecule has 1 aromatic rings. The van der Waals surface area contributed by atoms with Gasteiger partial charge in [-0.25, -0.2) is 4.39 Å². The predicted octanol–water partition coefficient (Wildman–Crippen LogP) is 3.40. The topological polar surface area (TPSA) is 37.3 Å². The van der Waals surface area contributed by atoms with Crippen molar-refractivity contribution in [3.05, 3.63) is 35.1 Å². The molecule has 0 spiro atoms. The quantitative estimate of drug-likeness (QED) is 0.645. The molecule has 1 fully saturated rings. The zero-order chi connectivity index (χ0) is 13.2. The lowest BCUT2D eigenvalue weighted by Crippen LogP contribution is -2.38. The van der Waals surface area contributed by atoms with Crippen LogP contribution in [0.25, 0.3) is 0 Å². The first kappa shape index (κ1) is 13.2. The Kier molecular flexibility index (Phi) is 3.81. The van der Waals surface area contributed by atoms with Crippen molar-refractivity contribution in [2.75, 3.05) is 0 Å². The maximum Gasteiger partial charge on any atom is 0.194 e. The van der Waals surface area contributed by atoms with Gasteiger partial charge in [-0.05, 0) is 43.5 Å². The van der Waals surface area contributed by atoms with Crippen molar-refractivity contribution >= 4 is 5.78 Å². The van der Waals surface area contributed by atoms with E-state index in [0.29, 0.717) is 24.0 Å². The van der Waals surface area contributed by atoms with Gasteiger partial charge in [-0.2, -0.15) is 0 Å². The van der Waals surface area contributed by atoms with Gasteiger partial charge >= 0.3 is 0 Å². The number of Topliss-reactive ketones (excluding diaryl/α,β-unsaturated/α-hetero) is 1. The molecule has 1 aliphatic carbocycles. The summed E-state index contributed by atoms with van der Waals surface area (Å²) in [6.07, 6.45) is 4.92. The molecule has 2 rings (SSSR count). The zero-order valence-electron chi connectivity index (χ0n) is 10.7. The van der Waals surface area contributed by atoms with Crippen LogP contribution in [0.5, 0.6) is 0 Å². The second kappa shape index (κ2) is 5.19. The van der Waals surface area contributed by atoms with Crippen molar-refractivity contribution in [2.45, 2.75) is 51.0 Å². The summed E-state index contributed by atoms with van der Waals surface area (Å²) < 4.78 is 13.2. The molecule has 2 nitrogen and oxygen atoms in total. The summed E-state index contributed by atoms with van der Waals surface area (Å²) in [5.41, 5.74) is -0.391. The highest BCUT2D eigenvalue weighted by Gasteiger charge is 2.36. The van der Waals surface area contributed by atoms with Crippen molar-refractivity contribution in [3.8, 4) is 0 Å². The Morgan fingerprint density at radius 2 is 1.83 bits per heavy atom. The molecule has 0 atom stereocenters. The third-order valence-electron chi connectivity index (χ3n) is 3.77. The van der Waals surface area contributed by atoms with Crippen LogP contribution in [0.15, 0.2) is 18.2 Å². The Labute approximate surface area is 107 Å². The second-order valence-corrected chi connectivity index (χ2v) is 5.24. The van der Waals surface area contributed by atoms with E-state index in [9.17, 15) is 14.3 Å². The van der Waals surface area contributed by atoms with Crippen molar-refractivity contribution in [1.29, 1.82) is 0 Å². The van der Waals surface area contributed by atoms with Crippen LogP contribution in [-0.4, -0.2) is 16.5 Å². The smallest absolute Gasteiger partial charge is 0.194 e. The van der Waals surface area contributed by atoms with Gasteiger partial charge in [0.25, 0.3) is 0 Å². The van der Waals surface area contributed by atoms with E-state index in [-0.39, 0.29) is 11.6 Å². The number of carbonyl (C=O) groups excluding carboxylic acids is 1. The molecule has 0 aliphatic heterocycles. The van der Waals surface area contributed by atoms with Gasteiger partial charge in [0.15, 0.2) is 5.78 Å². The zero-order valence-corrected chi connectivity index (χ0v) is 10.7. The van der Waals surface area contributed by atoms with E-state index in [1.807, 2.05) is 0 Å². The number of hydrogen-bond acceptors (Lipinski definition) is 2. The number of halogens is 1. The minimum Gasteiger partial charge on any atom is -0.382 e. The largest absolute Gasteiger partial charge is 0.382 e. The fourth-order valence-electron chi connectivity index (χ4n) is 2.60. The van der Waals surface area contributed by atoms with Gasteiger partial charge in [0.05, 0.1) is 0 Å². The van der Waals surface area contributed by atoms with Crippen molar-refractivity contribution < 1.29 is 14.3 Å². The highest BCUT2D eigenvalue weighted by molar-refractivity contribution is 6.02. The van der Waals surface area contributed by atoms with Gasteiger partial charge in [0.2, 0.25) is 0 Å². The molecule has 1 saturated carbocycles. The monoisotopic (exact) mass is 250 g/mol. The lowest BCUT2D eigenvalue weighted by molar-refractivity contribution is 0.0238. The molecule has 1 aliphatic rings. The van der Waals surface area contributed by atoms with Crippen LogP contribution in [-0.2, 0) is 0 Å². The maximum atomic E-state index is 13.2. The van der Waals surface area contributed by atoms with Crippen LogP contribution >= 0.6 is 0 Å². The molecule has 98 valence electrons. The lowest BCUT2D eigenvalue weighted by atomic mass is 9.86. The van der Waals surface area contributed by atoms with Gasteiger partial charge in [0, 0.05) is 5.56 Å². The van der Waals surface area contributed by atoms with Crippen LogP contribution in [0.3, 0.4) is 0 Å². The van der Waals surface area contributed by atoms with Crippen LogP contribution in [0.2, 0.25) is 0 Å². The first-order chi connectivity index (χ1) is 8.53. The van der Waals surface area contributed by atoms with E-state index >= 15 is 0 Å². The van der Waals surface area contributed by atoms with Gasteiger partial charge in [-0.3, -0.25) is 4.79 Å². The summed E-state index contributed by atoms with van der Waals surface area (Å²) in [4.78, 5) is 12.4. The normalized spacial score (nSPS) is 19.3. The Balaban J connectivity index is 2.26. The SMILES string of the molecule is Cc1cc(C(=O)C2(O)CCCCCC2)ccc1F.